The smallest absolute Gasteiger partial charge is 0.318 e. The van der Waals surface area contributed by atoms with E-state index in [2.05, 4.69) is 5.32 Å². The molecule has 7 heteroatoms. The second kappa shape index (κ2) is 8.64. The lowest BCUT2D eigenvalue weighted by molar-refractivity contribution is -0.117. The van der Waals surface area contributed by atoms with Crippen LogP contribution < -0.4 is 10.2 Å². The predicted octanol–water partition coefficient (Wildman–Crippen LogP) is 2.14. The Morgan fingerprint density at radius 2 is 1.89 bits per heavy atom. The highest BCUT2D eigenvalue weighted by Crippen LogP contribution is 2.22. The normalized spacial score (nSPS) is 16.4. The second-order valence-electron chi connectivity index (χ2n) is 6.46. The fraction of sp³-hybridized carbons (Fsp3) is 0.300. The first-order valence-electron chi connectivity index (χ1n) is 8.83. The summed E-state index contributed by atoms with van der Waals surface area (Å²) in [5.74, 6) is -0.487. The molecule has 0 aliphatic carbocycles. The summed E-state index contributed by atoms with van der Waals surface area (Å²) in [5.41, 5.74) is 1.56. The molecule has 1 fully saturated rings. The maximum absolute atomic E-state index is 13.1. The van der Waals surface area contributed by atoms with Crippen LogP contribution in [-0.2, 0) is 11.3 Å². The average molecular weight is 371 g/mol. The number of amides is 3. The van der Waals surface area contributed by atoms with Crippen molar-refractivity contribution in [1.82, 2.24) is 10.2 Å². The number of nitrogens with one attached hydrogen (secondary N) is 1. The van der Waals surface area contributed by atoms with Crippen LogP contribution in [0.5, 0.6) is 0 Å². The zero-order valence-corrected chi connectivity index (χ0v) is 14.8. The summed E-state index contributed by atoms with van der Waals surface area (Å²) >= 11 is 0. The molecule has 0 radical (unpaired) electrons. The van der Waals surface area contributed by atoms with Gasteiger partial charge >= 0.3 is 6.03 Å². The quantitative estimate of drug-likeness (QED) is 0.817. The zero-order chi connectivity index (χ0) is 19.2. The molecule has 142 valence electrons. The number of rotatable bonds is 6. The van der Waals surface area contributed by atoms with Crippen molar-refractivity contribution in [3.63, 3.8) is 0 Å². The van der Waals surface area contributed by atoms with E-state index >= 15 is 0 Å². The number of hydrogen-bond donors (Lipinski definition) is 2. The lowest BCUT2D eigenvalue weighted by atomic mass is 10.2. The third-order valence-corrected chi connectivity index (χ3v) is 4.46. The van der Waals surface area contributed by atoms with Crippen molar-refractivity contribution in [1.29, 1.82) is 0 Å². The van der Waals surface area contributed by atoms with Crippen molar-refractivity contribution >= 4 is 17.6 Å². The van der Waals surface area contributed by atoms with Gasteiger partial charge in [0.25, 0.3) is 0 Å². The van der Waals surface area contributed by atoms with E-state index in [-0.39, 0.29) is 43.4 Å². The molecule has 1 aliphatic heterocycles. The molecule has 0 unspecified atom stereocenters. The van der Waals surface area contributed by atoms with Crippen molar-refractivity contribution in [2.75, 3.05) is 24.6 Å². The van der Waals surface area contributed by atoms with Gasteiger partial charge in [-0.05, 0) is 29.8 Å². The van der Waals surface area contributed by atoms with E-state index in [1.165, 1.54) is 21.9 Å². The van der Waals surface area contributed by atoms with Crippen molar-refractivity contribution in [3.05, 3.63) is 66.0 Å². The van der Waals surface area contributed by atoms with E-state index in [4.69, 9.17) is 0 Å². The number of anilines is 1. The number of carbonyl (C=O) groups is 2. The summed E-state index contributed by atoms with van der Waals surface area (Å²) in [6.45, 7) is 0.749. The molecule has 3 amide bonds. The van der Waals surface area contributed by atoms with Gasteiger partial charge in [-0.1, -0.05) is 30.3 Å². The van der Waals surface area contributed by atoms with Crippen molar-refractivity contribution in [2.45, 2.75) is 19.0 Å². The Kier molecular flexibility index (Phi) is 6.03. The first kappa shape index (κ1) is 18.8. The summed E-state index contributed by atoms with van der Waals surface area (Å²) in [5, 5.41) is 12.1. The first-order valence-corrected chi connectivity index (χ1v) is 8.83. The Morgan fingerprint density at radius 1 is 1.19 bits per heavy atom. The highest BCUT2D eigenvalue weighted by molar-refractivity contribution is 5.96. The van der Waals surface area contributed by atoms with Crippen molar-refractivity contribution < 1.29 is 19.1 Å². The van der Waals surface area contributed by atoms with Crippen LogP contribution in [0.4, 0.5) is 14.9 Å². The van der Waals surface area contributed by atoms with Crippen LogP contribution >= 0.6 is 0 Å². The largest absolute Gasteiger partial charge is 0.395 e. The van der Waals surface area contributed by atoms with E-state index < -0.39 is 0 Å². The van der Waals surface area contributed by atoms with Gasteiger partial charge in [0.2, 0.25) is 5.91 Å². The molecule has 2 N–H and O–H groups in total. The van der Waals surface area contributed by atoms with Gasteiger partial charge in [0.15, 0.2) is 0 Å². The minimum Gasteiger partial charge on any atom is -0.395 e. The molecule has 2 aromatic rings. The van der Waals surface area contributed by atoms with Crippen LogP contribution in [0.25, 0.3) is 0 Å². The standard InChI is InChI=1S/C20H22FN3O3/c21-16-6-8-18(9-7-16)24-14-17(12-19(24)26)22-20(27)23(10-11-25)13-15-4-2-1-3-5-15/h1-9,17,25H,10-14H2,(H,22,27)/t17-/m0/s1. The maximum atomic E-state index is 13.1. The van der Waals surface area contributed by atoms with Crippen molar-refractivity contribution in [2.24, 2.45) is 0 Å². The number of benzene rings is 2. The molecule has 6 nitrogen and oxygen atoms in total. The third-order valence-electron chi connectivity index (χ3n) is 4.46. The van der Waals surface area contributed by atoms with Crippen LogP contribution in [0.2, 0.25) is 0 Å². The molecule has 1 atom stereocenters. The minimum atomic E-state index is -0.365. The average Bonchev–Trinajstić information content (AvgIpc) is 3.03. The summed E-state index contributed by atoms with van der Waals surface area (Å²) in [6, 6.07) is 14.5. The van der Waals surface area contributed by atoms with E-state index in [0.717, 1.165) is 5.56 Å². The van der Waals surface area contributed by atoms with Gasteiger partial charge in [-0.2, -0.15) is 0 Å². The number of hydrogen-bond acceptors (Lipinski definition) is 3. The molecule has 0 bridgehead atoms. The molecule has 1 heterocycles. The minimum absolute atomic E-state index is 0.122. The molecule has 0 aromatic heterocycles. The van der Waals surface area contributed by atoms with Gasteiger partial charge in [0.1, 0.15) is 5.82 Å². The molecule has 1 aliphatic rings. The fourth-order valence-electron chi connectivity index (χ4n) is 3.12. The van der Waals surface area contributed by atoms with E-state index in [1.807, 2.05) is 30.3 Å². The van der Waals surface area contributed by atoms with Gasteiger partial charge in [0, 0.05) is 31.7 Å². The Labute approximate surface area is 157 Å². The topological polar surface area (TPSA) is 72.9 Å². The summed E-state index contributed by atoms with van der Waals surface area (Å²) in [4.78, 5) is 27.9. The number of carbonyl (C=O) groups excluding carboxylic acids is 2. The molecule has 0 spiro atoms. The van der Waals surface area contributed by atoms with Crippen LogP contribution in [0.1, 0.15) is 12.0 Å². The van der Waals surface area contributed by atoms with E-state index in [1.54, 1.807) is 12.1 Å². The van der Waals surface area contributed by atoms with E-state index in [0.29, 0.717) is 18.8 Å². The van der Waals surface area contributed by atoms with Gasteiger partial charge in [-0.15, -0.1) is 0 Å². The van der Waals surface area contributed by atoms with Gasteiger partial charge in [0.05, 0.1) is 12.6 Å². The molecule has 0 saturated carbocycles. The second-order valence-corrected chi connectivity index (χ2v) is 6.46. The van der Waals surface area contributed by atoms with Gasteiger partial charge < -0.3 is 20.2 Å². The number of nitrogens with zero attached hydrogens (tertiary/aromatic N) is 2. The Bertz CT molecular complexity index is 783. The monoisotopic (exact) mass is 371 g/mol. The molecule has 27 heavy (non-hydrogen) atoms. The molecular weight excluding hydrogens is 349 g/mol. The number of aliphatic hydroxyl groups is 1. The molecular formula is C20H22FN3O3. The first-order chi connectivity index (χ1) is 13.1. The molecule has 1 saturated heterocycles. The zero-order valence-electron chi connectivity index (χ0n) is 14.8. The number of urea groups is 1. The molecule has 2 aromatic carbocycles. The van der Waals surface area contributed by atoms with Gasteiger partial charge in [-0.3, -0.25) is 4.79 Å². The lowest BCUT2D eigenvalue weighted by Gasteiger charge is -2.24. The highest BCUT2D eigenvalue weighted by atomic mass is 19.1. The Morgan fingerprint density at radius 3 is 2.56 bits per heavy atom. The van der Waals surface area contributed by atoms with Crippen LogP contribution in [0, 0.1) is 5.82 Å². The SMILES string of the molecule is O=C(N[C@H]1CC(=O)N(c2ccc(F)cc2)C1)N(CCO)Cc1ccccc1. The van der Waals surface area contributed by atoms with Crippen molar-refractivity contribution in [3.8, 4) is 0 Å². The van der Waals surface area contributed by atoms with Crippen LogP contribution in [0.3, 0.4) is 0 Å². The summed E-state index contributed by atoms with van der Waals surface area (Å²) < 4.78 is 13.1. The van der Waals surface area contributed by atoms with Gasteiger partial charge in [-0.25, -0.2) is 9.18 Å². The fourth-order valence-corrected chi connectivity index (χ4v) is 3.12. The highest BCUT2D eigenvalue weighted by Gasteiger charge is 2.32. The Hall–Kier alpha value is -2.93. The lowest BCUT2D eigenvalue weighted by Crippen LogP contribution is -2.46. The summed E-state index contributed by atoms with van der Waals surface area (Å²) in [6.07, 6.45) is 0.182. The third kappa shape index (κ3) is 4.83. The molecule has 3 rings (SSSR count). The van der Waals surface area contributed by atoms with E-state index in [9.17, 15) is 19.1 Å². The maximum Gasteiger partial charge on any atom is 0.318 e. The predicted molar refractivity (Wildman–Crippen MR) is 99.6 cm³/mol. The van der Waals surface area contributed by atoms with Crippen LogP contribution in [-0.4, -0.2) is 47.7 Å². The number of aliphatic hydroxyl groups excluding tert-OH is 1. The Balaban J connectivity index is 1.62. The number of halogens is 1. The summed E-state index contributed by atoms with van der Waals surface area (Å²) in [7, 11) is 0. The van der Waals surface area contributed by atoms with Crippen LogP contribution in [0.15, 0.2) is 54.6 Å².